The molecule has 0 saturated carbocycles. The Morgan fingerprint density at radius 1 is 0.774 bits per heavy atom. The molecule has 0 aliphatic heterocycles. The van der Waals surface area contributed by atoms with E-state index >= 15 is 0 Å². The molecule has 3 heterocycles. The van der Waals surface area contributed by atoms with E-state index in [0.29, 0.717) is 0 Å². The van der Waals surface area contributed by atoms with Crippen molar-refractivity contribution < 1.29 is 4.57 Å². The molecular weight excluding hydrogens is 392 g/mol. The molecule has 0 radical (unpaired) electrons. The molecule has 154 valence electrons. The van der Waals surface area contributed by atoms with Crippen LogP contribution in [0.1, 0.15) is 16.7 Å². The molecule has 0 fully saturated rings. The first kappa shape index (κ1) is 18.8. The van der Waals surface area contributed by atoms with Crippen LogP contribution >= 0.6 is 0 Å². The summed E-state index contributed by atoms with van der Waals surface area (Å²) in [5.41, 5.74) is 9.45. The van der Waals surface area contributed by atoms with Gasteiger partial charge >= 0.3 is 0 Å². The second-order valence-corrected chi connectivity index (χ2v) is 15.5. The van der Waals surface area contributed by atoms with Gasteiger partial charge in [0.25, 0.3) is 0 Å². The number of pyridine rings is 2. The van der Waals surface area contributed by atoms with Crippen LogP contribution in [0.5, 0.6) is 0 Å². The number of hydrogen-bond donors (Lipinski definition) is 0. The SMILES string of the molecule is Cc1cc(C)c2c(c1)c1ccc(C)c3c1n2c1cc([Si](C)(C)C)cc2cc[n+](C)c3c21. The molecule has 0 atom stereocenters. The Balaban J connectivity index is 2.08. The lowest BCUT2D eigenvalue weighted by atomic mass is 9.99. The predicted octanol–water partition coefficient (Wildman–Crippen LogP) is 6.28. The minimum absolute atomic E-state index is 1.33. The third-order valence-electron chi connectivity index (χ3n) is 7.13. The topological polar surface area (TPSA) is 8.29 Å². The van der Waals surface area contributed by atoms with Crippen LogP contribution < -0.4 is 9.75 Å². The zero-order valence-corrected chi connectivity index (χ0v) is 20.5. The van der Waals surface area contributed by atoms with Crippen LogP contribution in [0.15, 0.2) is 48.7 Å². The zero-order chi connectivity index (χ0) is 21.8. The number of rotatable bonds is 1. The standard InChI is InChI=1S/C28H29N2Si/c1-16-12-18(3)26-22(13-16)21-9-8-17(2)24-27(21)30(26)23-15-20(31(5,6)7)14-19-10-11-29(4)28(24)25(19)23/h8-15H,1-7H3/q+1. The highest BCUT2D eigenvalue weighted by molar-refractivity contribution is 6.89. The van der Waals surface area contributed by atoms with Gasteiger partial charge in [-0.3, -0.25) is 0 Å². The third kappa shape index (κ3) is 2.35. The highest BCUT2D eigenvalue weighted by atomic mass is 28.3. The summed E-state index contributed by atoms with van der Waals surface area (Å²) in [7, 11) is 0.711. The van der Waals surface area contributed by atoms with Gasteiger partial charge in [0.2, 0.25) is 5.52 Å². The van der Waals surface area contributed by atoms with Crippen LogP contribution in [-0.2, 0) is 7.05 Å². The summed E-state index contributed by atoms with van der Waals surface area (Å²) in [6.07, 6.45) is 2.24. The second kappa shape index (κ2) is 5.86. The highest BCUT2D eigenvalue weighted by Crippen LogP contribution is 2.41. The van der Waals surface area contributed by atoms with E-state index in [1.54, 1.807) is 0 Å². The van der Waals surface area contributed by atoms with Crippen molar-refractivity contribution in [3.05, 3.63) is 65.4 Å². The van der Waals surface area contributed by atoms with E-state index in [9.17, 15) is 0 Å². The first-order valence-corrected chi connectivity index (χ1v) is 14.7. The quantitative estimate of drug-likeness (QED) is 0.128. The number of aromatic nitrogens is 2. The maximum atomic E-state index is 2.58. The minimum Gasteiger partial charge on any atom is -0.307 e. The average molecular weight is 422 g/mol. The molecule has 0 saturated heterocycles. The van der Waals surface area contributed by atoms with Gasteiger partial charge in [-0.15, -0.1) is 0 Å². The van der Waals surface area contributed by atoms with Gasteiger partial charge in [-0.25, -0.2) is 4.57 Å². The van der Waals surface area contributed by atoms with Crippen LogP contribution in [0.25, 0.3) is 49.0 Å². The van der Waals surface area contributed by atoms with Crippen molar-refractivity contribution in [1.82, 2.24) is 4.40 Å². The Labute approximate surface area is 184 Å². The fraction of sp³-hybridized carbons (Fsp3) is 0.250. The Morgan fingerprint density at radius 3 is 2.29 bits per heavy atom. The predicted molar refractivity (Wildman–Crippen MR) is 137 cm³/mol. The number of hydrogen-bond acceptors (Lipinski definition) is 0. The molecule has 0 bridgehead atoms. The number of aryl methyl sites for hydroxylation is 4. The molecule has 6 rings (SSSR count). The third-order valence-corrected chi connectivity index (χ3v) is 9.15. The lowest BCUT2D eigenvalue weighted by Crippen LogP contribution is -2.38. The van der Waals surface area contributed by atoms with Crippen molar-refractivity contribution in [2.75, 3.05) is 0 Å². The van der Waals surface area contributed by atoms with E-state index in [1.807, 2.05) is 0 Å². The molecule has 2 nitrogen and oxygen atoms in total. The molecule has 0 aliphatic rings. The van der Waals surface area contributed by atoms with E-state index < -0.39 is 8.07 Å². The summed E-state index contributed by atoms with van der Waals surface area (Å²) in [5.74, 6) is 0. The van der Waals surface area contributed by atoms with Crippen molar-refractivity contribution in [3.8, 4) is 0 Å². The Morgan fingerprint density at radius 2 is 1.55 bits per heavy atom. The van der Waals surface area contributed by atoms with Crippen LogP contribution in [0.4, 0.5) is 0 Å². The van der Waals surface area contributed by atoms with E-state index in [-0.39, 0.29) is 0 Å². The van der Waals surface area contributed by atoms with Gasteiger partial charge in [0.05, 0.1) is 35.4 Å². The van der Waals surface area contributed by atoms with Gasteiger partial charge in [-0.2, -0.15) is 0 Å². The van der Waals surface area contributed by atoms with Crippen LogP contribution in [0.3, 0.4) is 0 Å². The van der Waals surface area contributed by atoms with Gasteiger partial charge in [-0.1, -0.05) is 54.7 Å². The smallest absolute Gasteiger partial charge is 0.224 e. The van der Waals surface area contributed by atoms with Crippen molar-refractivity contribution in [1.29, 1.82) is 0 Å². The fourth-order valence-electron chi connectivity index (χ4n) is 5.65. The Hall–Kier alpha value is -2.91. The monoisotopic (exact) mass is 421 g/mol. The normalized spacial score (nSPS) is 13.0. The average Bonchev–Trinajstić information content (AvgIpc) is 3.02. The molecule has 6 aromatic rings. The highest BCUT2D eigenvalue weighted by Gasteiger charge is 2.26. The van der Waals surface area contributed by atoms with Crippen LogP contribution in [0, 0.1) is 20.8 Å². The summed E-state index contributed by atoms with van der Waals surface area (Å²) < 4.78 is 4.90. The minimum atomic E-state index is -1.48. The molecule has 0 spiro atoms. The van der Waals surface area contributed by atoms with E-state index in [0.717, 1.165) is 0 Å². The molecule has 3 heteroatoms. The summed E-state index contributed by atoms with van der Waals surface area (Å²) in [6, 6.07) is 16.6. The molecular formula is C28H29N2Si+. The second-order valence-electron chi connectivity index (χ2n) is 10.5. The molecule has 31 heavy (non-hydrogen) atoms. The van der Waals surface area contributed by atoms with E-state index in [1.165, 1.54) is 70.9 Å². The van der Waals surface area contributed by atoms with Gasteiger partial charge in [0.15, 0.2) is 6.20 Å². The summed E-state index contributed by atoms with van der Waals surface area (Å²) >= 11 is 0. The maximum absolute atomic E-state index is 2.58. The Kier molecular flexibility index (Phi) is 3.56. The molecule has 3 aromatic heterocycles. The zero-order valence-electron chi connectivity index (χ0n) is 19.5. The first-order chi connectivity index (χ1) is 14.7. The fourth-order valence-corrected chi connectivity index (χ4v) is 6.81. The molecule has 0 amide bonds. The molecule has 0 N–H and O–H groups in total. The number of benzene rings is 3. The summed E-state index contributed by atoms with van der Waals surface area (Å²) in [6.45, 7) is 14.1. The van der Waals surface area contributed by atoms with Crippen LogP contribution in [-0.4, -0.2) is 12.5 Å². The molecule has 0 unspecified atom stereocenters. The van der Waals surface area contributed by atoms with Crippen LogP contribution in [0.2, 0.25) is 19.6 Å². The number of nitrogens with zero attached hydrogens (tertiary/aromatic N) is 2. The van der Waals surface area contributed by atoms with E-state index in [2.05, 4.69) is 105 Å². The van der Waals surface area contributed by atoms with Gasteiger partial charge in [-0.05, 0) is 49.4 Å². The van der Waals surface area contributed by atoms with E-state index in [4.69, 9.17) is 0 Å². The van der Waals surface area contributed by atoms with Crippen molar-refractivity contribution in [2.45, 2.75) is 40.4 Å². The largest absolute Gasteiger partial charge is 0.307 e. The summed E-state index contributed by atoms with van der Waals surface area (Å²) in [5, 5.41) is 8.38. The number of fused-ring (bicyclic) bond motifs is 5. The first-order valence-electron chi connectivity index (χ1n) is 11.2. The van der Waals surface area contributed by atoms with Crippen molar-refractivity contribution in [3.63, 3.8) is 0 Å². The summed E-state index contributed by atoms with van der Waals surface area (Å²) in [4.78, 5) is 0. The van der Waals surface area contributed by atoms with Crippen molar-refractivity contribution >= 4 is 62.3 Å². The maximum Gasteiger partial charge on any atom is 0.224 e. The van der Waals surface area contributed by atoms with Gasteiger partial charge < -0.3 is 4.40 Å². The molecule has 0 aliphatic carbocycles. The lowest BCUT2D eigenvalue weighted by molar-refractivity contribution is -0.643. The Bertz CT molecular complexity index is 1700. The van der Waals surface area contributed by atoms with Gasteiger partial charge in [0, 0.05) is 16.8 Å². The van der Waals surface area contributed by atoms with Gasteiger partial charge in [0.1, 0.15) is 7.05 Å². The van der Waals surface area contributed by atoms with Crippen molar-refractivity contribution in [2.24, 2.45) is 7.05 Å². The molecule has 3 aromatic carbocycles. The lowest BCUT2D eigenvalue weighted by Gasteiger charge is -2.20.